The van der Waals surface area contributed by atoms with Crippen LogP contribution >= 0.6 is 0 Å². The van der Waals surface area contributed by atoms with Crippen molar-refractivity contribution in [1.82, 2.24) is 19.9 Å². The van der Waals surface area contributed by atoms with Crippen LogP contribution in [0.1, 0.15) is 26.7 Å². The van der Waals surface area contributed by atoms with E-state index in [-0.39, 0.29) is 12.1 Å². The summed E-state index contributed by atoms with van der Waals surface area (Å²) in [6, 6.07) is 8.92. The number of hydrogen-bond donors (Lipinski definition) is 1. The highest BCUT2D eigenvalue weighted by atomic mass is 19.1. The van der Waals surface area contributed by atoms with Gasteiger partial charge in [0.1, 0.15) is 24.1 Å². The van der Waals surface area contributed by atoms with Crippen LogP contribution in [0.5, 0.6) is 5.88 Å². The zero-order chi connectivity index (χ0) is 25.9. The van der Waals surface area contributed by atoms with Crippen molar-refractivity contribution in [3.8, 4) is 17.1 Å². The molecule has 11 heteroatoms. The number of carbonyl (C=O) groups excluding carboxylic acids is 1. The minimum Gasteiger partial charge on any atom is -0.481 e. The molecule has 0 saturated carbocycles. The number of hydrogen-bond acceptors (Lipinski definition) is 8. The van der Waals surface area contributed by atoms with Gasteiger partial charge in [-0.25, -0.2) is 29.1 Å². The van der Waals surface area contributed by atoms with Crippen molar-refractivity contribution < 1.29 is 13.9 Å². The number of alkyl halides is 1. The van der Waals surface area contributed by atoms with Crippen LogP contribution in [-0.4, -0.2) is 71.5 Å². The Morgan fingerprint density at radius 1 is 1.16 bits per heavy atom. The molecule has 5 rings (SSSR count). The Labute approximate surface area is 215 Å². The lowest BCUT2D eigenvalue weighted by Gasteiger charge is -2.28. The van der Waals surface area contributed by atoms with Crippen molar-refractivity contribution in [3.63, 3.8) is 0 Å². The summed E-state index contributed by atoms with van der Waals surface area (Å²) in [4.78, 5) is 37.1. The molecule has 0 aromatic carbocycles. The normalized spacial score (nSPS) is 19.4. The van der Waals surface area contributed by atoms with Gasteiger partial charge in [0, 0.05) is 43.5 Å². The highest BCUT2D eigenvalue weighted by molar-refractivity contribution is 6.03. The lowest BCUT2D eigenvalue weighted by molar-refractivity contribution is 0.255. The number of halogens is 1. The number of anilines is 4. The Balaban J connectivity index is 1.51. The number of nitrogens with zero attached hydrogens (tertiary/aromatic N) is 7. The van der Waals surface area contributed by atoms with Gasteiger partial charge in [0.15, 0.2) is 5.82 Å². The average Bonchev–Trinajstić information content (AvgIpc) is 3.30. The molecule has 0 bridgehead atoms. The van der Waals surface area contributed by atoms with Crippen LogP contribution in [0.3, 0.4) is 0 Å². The maximum atomic E-state index is 13.8. The lowest BCUT2D eigenvalue weighted by Crippen LogP contribution is -2.42. The van der Waals surface area contributed by atoms with Gasteiger partial charge in [0.2, 0.25) is 5.88 Å². The monoisotopic (exact) mass is 506 g/mol. The van der Waals surface area contributed by atoms with Gasteiger partial charge in [-0.1, -0.05) is 0 Å². The van der Waals surface area contributed by atoms with Crippen LogP contribution in [0.15, 0.2) is 42.9 Å². The topological polar surface area (TPSA) is 99.6 Å². The lowest BCUT2D eigenvalue weighted by atomic mass is 10.1. The van der Waals surface area contributed by atoms with Gasteiger partial charge in [0.05, 0.1) is 25.0 Å². The minimum atomic E-state index is -0.834. The third-order valence-corrected chi connectivity index (χ3v) is 6.86. The molecule has 3 aromatic heterocycles. The fourth-order valence-electron chi connectivity index (χ4n) is 4.82. The number of ether oxygens (including phenoxy) is 1. The van der Waals surface area contributed by atoms with Gasteiger partial charge in [-0.2, -0.15) is 0 Å². The number of methoxy groups -OCH3 is 1. The largest absolute Gasteiger partial charge is 0.481 e. The number of fused-ring (bicyclic) bond motifs is 1. The molecule has 1 saturated heterocycles. The SMILES string of the molecule is CCN1CC[C@@H](C)N(C(=O)Nc2cc(OC)ncn2)c2nc(-c3ccnc(N4CC[C@H](F)C4)c3)ccc21. The first kappa shape index (κ1) is 24.7. The van der Waals surface area contributed by atoms with E-state index in [2.05, 4.69) is 32.1 Å². The Bertz CT molecular complexity index is 1270. The van der Waals surface area contributed by atoms with E-state index in [9.17, 15) is 9.18 Å². The van der Waals surface area contributed by atoms with E-state index in [4.69, 9.17) is 9.72 Å². The molecule has 194 valence electrons. The smallest absolute Gasteiger partial charge is 0.328 e. The van der Waals surface area contributed by atoms with E-state index in [1.54, 1.807) is 17.2 Å². The molecule has 1 N–H and O–H groups in total. The van der Waals surface area contributed by atoms with E-state index in [1.165, 1.54) is 13.4 Å². The van der Waals surface area contributed by atoms with E-state index < -0.39 is 6.17 Å². The van der Waals surface area contributed by atoms with E-state index in [0.717, 1.165) is 36.6 Å². The summed E-state index contributed by atoms with van der Waals surface area (Å²) in [5.41, 5.74) is 2.46. The van der Waals surface area contributed by atoms with E-state index >= 15 is 0 Å². The van der Waals surface area contributed by atoms with Gasteiger partial charge >= 0.3 is 6.03 Å². The first-order chi connectivity index (χ1) is 18.0. The molecule has 2 aliphatic rings. The second-order valence-corrected chi connectivity index (χ2v) is 9.24. The van der Waals surface area contributed by atoms with Crippen molar-refractivity contribution in [2.45, 2.75) is 38.9 Å². The molecule has 3 aromatic rings. The van der Waals surface area contributed by atoms with Gasteiger partial charge in [-0.15, -0.1) is 0 Å². The Morgan fingerprint density at radius 2 is 2.03 bits per heavy atom. The van der Waals surface area contributed by atoms with E-state index in [1.807, 2.05) is 36.1 Å². The van der Waals surface area contributed by atoms with Crippen LogP contribution in [-0.2, 0) is 0 Å². The maximum Gasteiger partial charge on any atom is 0.328 e. The summed E-state index contributed by atoms with van der Waals surface area (Å²) in [7, 11) is 1.51. The molecular weight excluding hydrogens is 475 g/mol. The number of urea groups is 1. The zero-order valence-corrected chi connectivity index (χ0v) is 21.3. The number of carbonyl (C=O) groups is 1. The molecule has 2 atom stereocenters. The molecule has 1 fully saturated rings. The van der Waals surface area contributed by atoms with Crippen molar-refractivity contribution in [2.24, 2.45) is 0 Å². The van der Waals surface area contributed by atoms with Crippen molar-refractivity contribution >= 4 is 29.2 Å². The molecule has 2 amide bonds. The fourth-order valence-corrected chi connectivity index (χ4v) is 4.82. The summed E-state index contributed by atoms with van der Waals surface area (Å²) in [5, 5.41) is 2.87. The van der Waals surface area contributed by atoms with Gasteiger partial charge in [-0.05, 0) is 51.0 Å². The Kier molecular flexibility index (Phi) is 7.02. The summed E-state index contributed by atoms with van der Waals surface area (Å²) in [5.74, 6) is 2.00. The molecule has 2 aliphatic heterocycles. The first-order valence-corrected chi connectivity index (χ1v) is 12.5. The molecule has 5 heterocycles. The number of rotatable bonds is 5. The zero-order valence-electron chi connectivity index (χ0n) is 21.3. The summed E-state index contributed by atoms with van der Waals surface area (Å²) in [6.07, 6.45) is 3.52. The van der Waals surface area contributed by atoms with Crippen LogP contribution in [0.25, 0.3) is 11.3 Å². The van der Waals surface area contributed by atoms with Crippen molar-refractivity contribution in [1.29, 1.82) is 0 Å². The second-order valence-electron chi connectivity index (χ2n) is 9.24. The Hall–Kier alpha value is -4.02. The molecular formula is C26H31FN8O2. The number of pyridine rings is 2. The molecule has 0 radical (unpaired) electrons. The number of aromatic nitrogens is 4. The number of nitrogens with one attached hydrogen (secondary N) is 1. The summed E-state index contributed by atoms with van der Waals surface area (Å²) < 4.78 is 18.9. The van der Waals surface area contributed by atoms with Crippen LogP contribution in [0, 0.1) is 0 Å². The summed E-state index contributed by atoms with van der Waals surface area (Å²) >= 11 is 0. The predicted octanol–water partition coefficient (Wildman–Crippen LogP) is 4.15. The molecule has 37 heavy (non-hydrogen) atoms. The van der Waals surface area contributed by atoms with E-state index in [0.29, 0.717) is 42.7 Å². The molecule has 0 aliphatic carbocycles. The second kappa shape index (κ2) is 10.5. The fraction of sp³-hybridized carbons (Fsp3) is 0.423. The third kappa shape index (κ3) is 5.11. The van der Waals surface area contributed by atoms with Gasteiger partial charge in [-0.3, -0.25) is 10.2 Å². The van der Waals surface area contributed by atoms with Crippen LogP contribution < -0.4 is 24.8 Å². The summed E-state index contributed by atoms with van der Waals surface area (Å²) in [6.45, 7) is 6.68. The molecule has 0 spiro atoms. The standard InChI is InChI=1S/C26H31FN8O2/c1-4-33-11-8-17(2)35(26(36)32-22-14-24(37-3)30-16-29-22)25-21(33)6-5-20(31-25)18-7-10-28-23(13-18)34-12-9-19(27)15-34/h5-7,10,13-14,16-17,19H,4,8-9,11-12,15H2,1-3H3,(H,29,30,32,36)/t17-,19+/m1/s1. The van der Waals surface area contributed by atoms with Crippen LogP contribution in [0.4, 0.5) is 32.3 Å². The van der Waals surface area contributed by atoms with Gasteiger partial charge in [0.25, 0.3) is 0 Å². The Morgan fingerprint density at radius 3 is 2.78 bits per heavy atom. The minimum absolute atomic E-state index is 0.110. The van der Waals surface area contributed by atoms with Crippen LogP contribution in [0.2, 0.25) is 0 Å². The molecule has 10 nitrogen and oxygen atoms in total. The van der Waals surface area contributed by atoms with Gasteiger partial charge < -0.3 is 14.5 Å². The van der Waals surface area contributed by atoms with Crippen molar-refractivity contribution in [3.05, 3.63) is 42.9 Å². The quantitative estimate of drug-likeness (QED) is 0.551. The maximum absolute atomic E-state index is 13.8. The highest BCUT2D eigenvalue weighted by Crippen LogP contribution is 2.36. The van der Waals surface area contributed by atoms with Crippen molar-refractivity contribution in [2.75, 3.05) is 53.3 Å². The average molecular weight is 507 g/mol. The molecule has 0 unspecified atom stereocenters. The first-order valence-electron chi connectivity index (χ1n) is 12.5. The number of amides is 2. The highest BCUT2D eigenvalue weighted by Gasteiger charge is 2.31. The predicted molar refractivity (Wildman–Crippen MR) is 141 cm³/mol. The third-order valence-electron chi connectivity index (χ3n) is 6.86.